The molecule has 0 aromatic heterocycles. The van der Waals surface area contributed by atoms with Crippen molar-refractivity contribution in [2.24, 2.45) is 11.7 Å². The number of nitrogens with two attached hydrogens (primary N) is 1. The number of halogens is 1. The highest BCUT2D eigenvalue weighted by atomic mass is 35.5. The first-order valence-corrected chi connectivity index (χ1v) is 6.14. The third-order valence-corrected chi connectivity index (χ3v) is 3.43. The quantitative estimate of drug-likeness (QED) is 0.790. The fourth-order valence-electron chi connectivity index (χ4n) is 2.30. The van der Waals surface area contributed by atoms with Gasteiger partial charge in [0.05, 0.1) is 12.5 Å². The summed E-state index contributed by atoms with van der Waals surface area (Å²) in [7, 11) is 3.48. The molecule has 1 rings (SSSR count). The molecule has 0 radical (unpaired) electrons. The SMILES string of the molecule is COC(CN)CC(=O)N(C)CC1CCCC1.Cl. The number of rotatable bonds is 6. The van der Waals surface area contributed by atoms with E-state index < -0.39 is 0 Å². The van der Waals surface area contributed by atoms with E-state index in [1.807, 2.05) is 11.9 Å². The van der Waals surface area contributed by atoms with Crippen molar-refractivity contribution in [2.45, 2.75) is 38.2 Å². The summed E-state index contributed by atoms with van der Waals surface area (Å²) in [6.45, 7) is 1.29. The van der Waals surface area contributed by atoms with Crippen molar-refractivity contribution in [3.8, 4) is 0 Å². The van der Waals surface area contributed by atoms with E-state index in [0.717, 1.165) is 6.54 Å². The van der Waals surface area contributed by atoms with Crippen LogP contribution in [0.1, 0.15) is 32.1 Å². The molecule has 0 bridgehead atoms. The van der Waals surface area contributed by atoms with Crippen molar-refractivity contribution in [2.75, 3.05) is 27.2 Å². The second-order valence-electron chi connectivity index (χ2n) is 4.72. The van der Waals surface area contributed by atoms with E-state index in [0.29, 0.717) is 18.9 Å². The molecule has 1 atom stereocenters. The number of carbonyl (C=O) groups is 1. The second kappa shape index (κ2) is 8.72. The average molecular weight is 265 g/mol. The highest BCUT2D eigenvalue weighted by Crippen LogP contribution is 2.25. The van der Waals surface area contributed by atoms with Crippen molar-refractivity contribution in [1.29, 1.82) is 0 Å². The van der Waals surface area contributed by atoms with Gasteiger partial charge in [0.25, 0.3) is 0 Å². The first kappa shape index (κ1) is 16.7. The maximum Gasteiger partial charge on any atom is 0.224 e. The minimum atomic E-state index is -0.140. The number of nitrogens with zero attached hydrogens (tertiary/aromatic N) is 1. The Morgan fingerprint density at radius 2 is 2.06 bits per heavy atom. The Morgan fingerprint density at radius 3 is 2.53 bits per heavy atom. The van der Waals surface area contributed by atoms with Gasteiger partial charge in [-0.15, -0.1) is 12.4 Å². The Morgan fingerprint density at radius 1 is 1.47 bits per heavy atom. The lowest BCUT2D eigenvalue weighted by molar-refractivity contribution is -0.132. The largest absolute Gasteiger partial charge is 0.380 e. The maximum atomic E-state index is 11.8. The normalized spacial score (nSPS) is 17.6. The van der Waals surface area contributed by atoms with Gasteiger partial charge >= 0.3 is 0 Å². The summed E-state index contributed by atoms with van der Waals surface area (Å²) in [6, 6.07) is 0. The van der Waals surface area contributed by atoms with E-state index in [9.17, 15) is 4.79 Å². The summed E-state index contributed by atoms with van der Waals surface area (Å²) in [4.78, 5) is 13.7. The summed E-state index contributed by atoms with van der Waals surface area (Å²) in [5.41, 5.74) is 5.50. The Labute approximate surface area is 110 Å². The van der Waals surface area contributed by atoms with Gasteiger partial charge in [0.1, 0.15) is 0 Å². The van der Waals surface area contributed by atoms with Gasteiger partial charge in [-0.2, -0.15) is 0 Å². The van der Waals surface area contributed by atoms with Gasteiger partial charge in [0.15, 0.2) is 0 Å². The second-order valence-corrected chi connectivity index (χ2v) is 4.72. The lowest BCUT2D eigenvalue weighted by Gasteiger charge is -2.23. The van der Waals surface area contributed by atoms with Crippen LogP contribution in [-0.2, 0) is 9.53 Å². The summed E-state index contributed by atoms with van der Waals surface area (Å²) < 4.78 is 5.12. The van der Waals surface area contributed by atoms with Crippen LogP contribution < -0.4 is 5.73 Å². The third kappa shape index (κ3) is 5.70. The van der Waals surface area contributed by atoms with Crippen LogP contribution in [-0.4, -0.2) is 44.2 Å². The third-order valence-electron chi connectivity index (χ3n) is 3.43. The fourth-order valence-corrected chi connectivity index (χ4v) is 2.30. The molecule has 102 valence electrons. The van der Waals surface area contributed by atoms with Crippen LogP contribution in [0.4, 0.5) is 0 Å². The average Bonchev–Trinajstić information content (AvgIpc) is 2.78. The van der Waals surface area contributed by atoms with Crippen molar-refractivity contribution < 1.29 is 9.53 Å². The van der Waals surface area contributed by atoms with E-state index in [4.69, 9.17) is 10.5 Å². The van der Waals surface area contributed by atoms with Crippen LogP contribution in [0.3, 0.4) is 0 Å². The number of hydrogen-bond donors (Lipinski definition) is 1. The van der Waals surface area contributed by atoms with Crippen LogP contribution in [0, 0.1) is 5.92 Å². The number of methoxy groups -OCH3 is 1. The molecule has 1 fully saturated rings. The molecule has 0 aromatic rings. The first-order chi connectivity index (χ1) is 7.67. The van der Waals surface area contributed by atoms with Crippen molar-refractivity contribution in [3.05, 3.63) is 0 Å². The molecule has 1 amide bonds. The highest BCUT2D eigenvalue weighted by Gasteiger charge is 2.21. The van der Waals surface area contributed by atoms with Crippen LogP contribution >= 0.6 is 12.4 Å². The van der Waals surface area contributed by atoms with E-state index in [-0.39, 0.29) is 24.4 Å². The molecule has 5 heteroatoms. The zero-order chi connectivity index (χ0) is 12.0. The fraction of sp³-hybridized carbons (Fsp3) is 0.917. The van der Waals surface area contributed by atoms with E-state index in [1.165, 1.54) is 25.7 Å². The van der Waals surface area contributed by atoms with Gasteiger partial charge in [0.2, 0.25) is 5.91 Å². The molecule has 2 N–H and O–H groups in total. The number of hydrogen-bond acceptors (Lipinski definition) is 3. The molecule has 1 aliphatic carbocycles. The molecule has 1 aliphatic rings. The minimum absolute atomic E-state index is 0. The lowest BCUT2D eigenvalue weighted by Crippen LogP contribution is -2.35. The van der Waals surface area contributed by atoms with Gasteiger partial charge < -0.3 is 15.4 Å². The minimum Gasteiger partial charge on any atom is -0.380 e. The molecule has 17 heavy (non-hydrogen) atoms. The van der Waals surface area contributed by atoms with Gasteiger partial charge in [-0.3, -0.25) is 4.79 Å². The van der Waals surface area contributed by atoms with E-state index in [1.54, 1.807) is 7.11 Å². The van der Waals surface area contributed by atoms with Crippen LogP contribution in [0.5, 0.6) is 0 Å². The maximum absolute atomic E-state index is 11.8. The molecular weight excluding hydrogens is 240 g/mol. The van der Waals surface area contributed by atoms with Crippen molar-refractivity contribution >= 4 is 18.3 Å². The monoisotopic (exact) mass is 264 g/mol. The van der Waals surface area contributed by atoms with Gasteiger partial charge in [0, 0.05) is 27.2 Å². The molecule has 0 aliphatic heterocycles. The summed E-state index contributed by atoms with van der Waals surface area (Å²) in [5.74, 6) is 0.844. The first-order valence-electron chi connectivity index (χ1n) is 6.14. The Kier molecular flexibility index (Phi) is 8.56. The zero-order valence-electron chi connectivity index (χ0n) is 10.9. The molecule has 0 spiro atoms. The summed E-state index contributed by atoms with van der Waals surface area (Å²) in [5, 5.41) is 0. The predicted molar refractivity (Wildman–Crippen MR) is 71.3 cm³/mol. The Hall–Kier alpha value is -0.320. The summed E-state index contributed by atoms with van der Waals surface area (Å²) in [6.07, 6.45) is 5.42. The molecule has 4 nitrogen and oxygen atoms in total. The molecular formula is C12H25ClN2O2. The lowest BCUT2D eigenvalue weighted by atomic mass is 10.1. The number of carbonyl (C=O) groups excluding carboxylic acids is 1. The van der Waals surface area contributed by atoms with Crippen LogP contribution in [0.25, 0.3) is 0 Å². The van der Waals surface area contributed by atoms with Gasteiger partial charge in [-0.1, -0.05) is 12.8 Å². The zero-order valence-corrected chi connectivity index (χ0v) is 11.7. The standard InChI is InChI=1S/C12H24N2O2.ClH/c1-14(9-10-5-3-4-6-10)12(15)7-11(8-13)16-2;/h10-11H,3-9,13H2,1-2H3;1H. The Bertz CT molecular complexity index is 217. The van der Waals surface area contributed by atoms with E-state index >= 15 is 0 Å². The topological polar surface area (TPSA) is 55.6 Å². The predicted octanol–water partition coefficient (Wildman–Crippen LogP) is 1.42. The van der Waals surface area contributed by atoms with Crippen molar-refractivity contribution in [1.82, 2.24) is 4.90 Å². The van der Waals surface area contributed by atoms with Crippen molar-refractivity contribution in [3.63, 3.8) is 0 Å². The molecule has 0 heterocycles. The molecule has 0 saturated heterocycles. The highest BCUT2D eigenvalue weighted by molar-refractivity contribution is 5.85. The van der Waals surface area contributed by atoms with Crippen LogP contribution in [0.15, 0.2) is 0 Å². The van der Waals surface area contributed by atoms with Gasteiger partial charge in [-0.25, -0.2) is 0 Å². The van der Waals surface area contributed by atoms with Gasteiger partial charge in [-0.05, 0) is 18.8 Å². The van der Waals surface area contributed by atoms with Crippen LogP contribution in [0.2, 0.25) is 0 Å². The Balaban J connectivity index is 0.00000256. The summed E-state index contributed by atoms with van der Waals surface area (Å²) >= 11 is 0. The molecule has 1 saturated carbocycles. The smallest absolute Gasteiger partial charge is 0.224 e. The van der Waals surface area contributed by atoms with E-state index in [2.05, 4.69) is 0 Å². The number of ether oxygens (including phenoxy) is 1. The number of amides is 1. The molecule has 0 aromatic carbocycles. The molecule has 1 unspecified atom stereocenters.